The minimum Gasteiger partial charge on any atom is -0.294 e. The van der Waals surface area contributed by atoms with E-state index in [1.54, 1.807) is 0 Å². The van der Waals surface area contributed by atoms with Gasteiger partial charge < -0.3 is 0 Å². The fourth-order valence-electron chi connectivity index (χ4n) is 1.64. The first-order chi connectivity index (χ1) is 6.90. The molecule has 0 radical (unpaired) electrons. The fourth-order valence-corrected chi connectivity index (χ4v) is 2.37. The van der Waals surface area contributed by atoms with E-state index in [0.29, 0.717) is 0 Å². The Bertz CT molecular complexity index is 306. The molecule has 74 valence electrons. The lowest BCUT2D eigenvalue weighted by Crippen LogP contribution is -2.26. The summed E-state index contributed by atoms with van der Waals surface area (Å²) >= 11 is 1.84. The highest BCUT2D eigenvalue weighted by Crippen LogP contribution is 2.29. The van der Waals surface area contributed by atoms with Crippen LogP contribution in [0.1, 0.15) is 24.1 Å². The smallest absolute Gasteiger partial charge is 0.0331 e. The van der Waals surface area contributed by atoms with Crippen molar-refractivity contribution in [3.8, 4) is 12.3 Å². The van der Waals surface area contributed by atoms with E-state index in [9.17, 15) is 0 Å². The van der Waals surface area contributed by atoms with E-state index >= 15 is 0 Å². The third kappa shape index (κ3) is 2.60. The maximum absolute atomic E-state index is 5.30. The molecule has 1 saturated carbocycles. The highest BCUT2D eigenvalue weighted by molar-refractivity contribution is 7.09. The zero-order chi connectivity index (χ0) is 9.80. The van der Waals surface area contributed by atoms with Gasteiger partial charge in [-0.2, -0.15) is 0 Å². The molecule has 1 fully saturated rings. The first-order valence-corrected chi connectivity index (χ1v) is 5.98. The lowest BCUT2D eigenvalue weighted by Gasteiger charge is -2.19. The zero-order valence-electron chi connectivity index (χ0n) is 8.28. The Morgan fingerprint density at radius 2 is 2.43 bits per heavy atom. The topological polar surface area (TPSA) is 3.24 Å². The summed E-state index contributed by atoms with van der Waals surface area (Å²) in [5.41, 5.74) is 0. The summed E-state index contributed by atoms with van der Waals surface area (Å²) in [6.07, 6.45) is 8.89. The Kier molecular flexibility index (Phi) is 3.23. The van der Waals surface area contributed by atoms with E-state index in [2.05, 4.69) is 28.3 Å². The second kappa shape index (κ2) is 4.63. The molecule has 0 N–H and O–H groups in total. The van der Waals surface area contributed by atoms with Gasteiger partial charge in [0.15, 0.2) is 0 Å². The molecule has 1 aromatic rings. The molecule has 0 bridgehead atoms. The van der Waals surface area contributed by atoms with E-state index in [1.807, 2.05) is 11.3 Å². The predicted molar refractivity (Wildman–Crippen MR) is 61.2 cm³/mol. The van der Waals surface area contributed by atoms with Gasteiger partial charge in [-0.25, -0.2) is 0 Å². The second-order valence-corrected chi connectivity index (χ2v) is 4.77. The summed E-state index contributed by atoms with van der Waals surface area (Å²) in [7, 11) is 0. The van der Waals surface area contributed by atoms with Gasteiger partial charge in [0, 0.05) is 30.4 Å². The van der Waals surface area contributed by atoms with Gasteiger partial charge in [0.1, 0.15) is 0 Å². The number of thiophene rings is 1. The first kappa shape index (κ1) is 9.76. The molecule has 1 aromatic heterocycles. The van der Waals surface area contributed by atoms with E-state index < -0.39 is 0 Å². The molecule has 1 nitrogen and oxygen atoms in total. The molecule has 1 aliphatic carbocycles. The SMILES string of the molecule is C#CCCN(Cc1cccs1)C1CC1. The number of rotatable bonds is 5. The van der Waals surface area contributed by atoms with Crippen LogP contribution in [0.2, 0.25) is 0 Å². The summed E-state index contributed by atoms with van der Waals surface area (Å²) < 4.78 is 0. The number of hydrogen-bond acceptors (Lipinski definition) is 2. The van der Waals surface area contributed by atoms with Crippen molar-refractivity contribution in [1.82, 2.24) is 4.90 Å². The van der Waals surface area contributed by atoms with Gasteiger partial charge in [-0.05, 0) is 24.3 Å². The van der Waals surface area contributed by atoms with Gasteiger partial charge in [-0.3, -0.25) is 4.90 Å². The molecule has 2 rings (SSSR count). The van der Waals surface area contributed by atoms with E-state index in [0.717, 1.165) is 25.6 Å². The minimum absolute atomic E-state index is 0.811. The maximum atomic E-state index is 5.30. The van der Waals surface area contributed by atoms with Crippen molar-refractivity contribution in [3.63, 3.8) is 0 Å². The van der Waals surface area contributed by atoms with Crippen LogP contribution in [0, 0.1) is 12.3 Å². The molecule has 2 heteroatoms. The van der Waals surface area contributed by atoms with Gasteiger partial charge in [0.05, 0.1) is 0 Å². The number of nitrogens with zero attached hydrogens (tertiary/aromatic N) is 1. The Labute approximate surface area is 89.7 Å². The summed E-state index contributed by atoms with van der Waals surface area (Å²) in [6, 6.07) is 5.13. The summed E-state index contributed by atoms with van der Waals surface area (Å²) in [6.45, 7) is 2.14. The fraction of sp³-hybridized carbons (Fsp3) is 0.500. The monoisotopic (exact) mass is 205 g/mol. The molecule has 0 atom stereocenters. The molecule has 0 saturated heterocycles. The van der Waals surface area contributed by atoms with Gasteiger partial charge in [-0.15, -0.1) is 23.7 Å². The minimum atomic E-state index is 0.811. The van der Waals surface area contributed by atoms with Crippen molar-refractivity contribution < 1.29 is 0 Å². The predicted octanol–water partition coefficient (Wildman–Crippen LogP) is 2.74. The third-order valence-electron chi connectivity index (χ3n) is 2.55. The van der Waals surface area contributed by atoms with Crippen molar-refractivity contribution in [2.24, 2.45) is 0 Å². The van der Waals surface area contributed by atoms with Crippen LogP contribution in [0.25, 0.3) is 0 Å². The lowest BCUT2D eigenvalue weighted by molar-refractivity contribution is 0.263. The Morgan fingerprint density at radius 1 is 1.57 bits per heavy atom. The van der Waals surface area contributed by atoms with Gasteiger partial charge >= 0.3 is 0 Å². The Morgan fingerprint density at radius 3 is 3.00 bits per heavy atom. The molecular weight excluding hydrogens is 190 g/mol. The standard InChI is InChI=1S/C12H15NS/c1-2-3-8-13(11-6-7-11)10-12-5-4-9-14-12/h1,4-5,9,11H,3,6-8,10H2. The van der Waals surface area contributed by atoms with Crippen molar-refractivity contribution in [2.45, 2.75) is 31.8 Å². The van der Waals surface area contributed by atoms with Crippen LogP contribution in [0.5, 0.6) is 0 Å². The number of terminal acetylenes is 1. The highest BCUT2D eigenvalue weighted by atomic mass is 32.1. The lowest BCUT2D eigenvalue weighted by atomic mass is 10.3. The average Bonchev–Trinajstić information content (AvgIpc) is 2.92. The van der Waals surface area contributed by atoms with Crippen LogP contribution >= 0.6 is 11.3 Å². The molecule has 0 aliphatic heterocycles. The maximum Gasteiger partial charge on any atom is 0.0331 e. The molecule has 0 aromatic carbocycles. The Hall–Kier alpha value is -0.780. The van der Waals surface area contributed by atoms with Crippen LogP contribution < -0.4 is 0 Å². The van der Waals surface area contributed by atoms with Gasteiger partial charge in [0.25, 0.3) is 0 Å². The van der Waals surface area contributed by atoms with Crippen LogP contribution in [-0.4, -0.2) is 17.5 Å². The molecule has 1 aliphatic rings. The Balaban J connectivity index is 1.88. The van der Waals surface area contributed by atoms with E-state index in [-0.39, 0.29) is 0 Å². The largest absolute Gasteiger partial charge is 0.294 e. The van der Waals surface area contributed by atoms with E-state index in [4.69, 9.17) is 6.42 Å². The molecule has 14 heavy (non-hydrogen) atoms. The zero-order valence-corrected chi connectivity index (χ0v) is 9.09. The molecular formula is C12H15NS. The van der Waals surface area contributed by atoms with Crippen LogP contribution in [-0.2, 0) is 6.54 Å². The van der Waals surface area contributed by atoms with Gasteiger partial charge in [0.2, 0.25) is 0 Å². The van der Waals surface area contributed by atoms with E-state index in [1.165, 1.54) is 17.7 Å². The van der Waals surface area contributed by atoms with Crippen LogP contribution in [0.15, 0.2) is 17.5 Å². The molecule has 0 spiro atoms. The summed E-state index contributed by atoms with van der Waals surface area (Å²) in [4.78, 5) is 3.97. The second-order valence-electron chi connectivity index (χ2n) is 3.74. The summed E-state index contributed by atoms with van der Waals surface area (Å²) in [5, 5.41) is 2.14. The first-order valence-electron chi connectivity index (χ1n) is 5.10. The summed E-state index contributed by atoms with van der Waals surface area (Å²) in [5.74, 6) is 2.72. The van der Waals surface area contributed by atoms with Crippen molar-refractivity contribution >= 4 is 11.3 Å². The highest BCUT2D eigenvalue weighted by Gasteiger charge is 2.28. The third-order valence-corrected chi connectivity index (χ3v) is 3.41. The molecule has 0 amide bonds. The molecule has 0 unspecified atom stereocenters. The van der Waals surface area contributed by atoms with Crippen molar-refractivity contribution in [1.29, 1.82) is 0 Å². The van der Waals surface area contributed by atoms with Crippen LogP contribution in [0.4, 0.5) is 0 Å². The molecule has 1 heterocycles. The van der Waals surface area contributed by atoms with Gasteiger partial charge in [-0.1, -0.05) is 6.07 Å². The van der Waals surface area contributed by atoms with Crippen molar-refractivity contribution in [3.05, 3.63) is 22.4 Å². The van der Waals surface area contributed by atoms with Crippen LogP contribution in [0.3, 0.4) is 0 Å². The van der Waals surface area contributed by atoms with Crippen molar-refractivity contribution in [2.75, 3.05) is 6.54 Å². The number of hydrogen-bond donors (Lipinski definition) is 0. The quantitative estimate of drug-likeness (QED) is 0.668. The normalized spacial score (nSPS) is 15.7. The average molecular weight is 205 g/mol.